The van der Waals surface area contributed by atoms with Crippen molar-refractivity contribution in [1.82, 2.24) is 15.0 Å². The summed E-state index contributed by atoms with van der Waals surface area (Å²) in [6, 6.07) is 7.98. The Kier molecular flexibility index (Phi) is 3.06. The summed E-state index contributed by atoms with van der Waals surface area (Å²) in [5.41, 5.74) is 1.24. The number of benzene rings is 1. The Balaban J connectivity index is 1.56. The largest absolute Gasteiger partial charge is 0.339 e. The topological polar surface area (TPSA) is 42.2 Å². The molecule has 94 valence electrons. The molecule has 0 aliphatic carbocycles. The van der Waals surface area contributed by atoms with E-state index in [1.54, 1.807) is 0 Å². The van der Waals surface area contributed by atoms with Crippen molar-refractivity contribution >= 4 is 11.6 Å². The summed E-state index contributed by atoms with van der Waals surface area (Å²) >= 11 is 5.97. The summed E-state index contributed by atoms with van der Waals surface area (Å²) in [6.45, 7) is 4.70. The van der Waals surface area contributed by atoms with Crippen LogP contribution in [0.15, 0.2) is 28.8 Å². The average Bonchev–Trinajstić information content (AvgIpc) is 2.69. The van der Waals surface area contributed by atoms with E-state index in [1.807, 2.05) is 25.1 Å². The second-order valence-electron chi connectivity index (χ2n) is 4.70. The van der Waals surface area contributed by atoms with Gasteiger partial charge in [0.2, 0.25) is 5.89 Å². The maximum atomic E-state index is 5.97. The maximum Gasteiger partial charge on any atom is 0.232 e. The molecule has 0 atom stereocenters. The fourth-order valence-corrected chi connectivity index (χ4v) is 2.44. The molecule has 2 heterocycles. The highest BCUT2D eigenvalue weighted by atomic mass is 35.5. The predicted octanol–water partition coefficient (Wildman–Crippen LogP) is 2.63. The number of hydrogen-bond acceptors (Lipinski definition) is 4. The maximum absolute atomic E-state index is 5.97. The van der Waals surface area contributed by atoms with E-state index in [2.05, 4.69) is 21.1 Å². The molecular formula is C13H14ClN3O. The lowest BCUT2D eigenvalue weighted by Gasteiger charge is -2.37. The number of aromatic nitrogens is 2. The van der Waals surface area contributed by atoms with Crippen molar-refractivity contribution in [3.05, 3.63) is 46.6 Å². The molecule has 5 heteroatoms. The van der Waals surface area contributed by atoms with Gasteiger partial charge in [-0.1, -0.05) is 28.9 Å². The van der Waals surface area contributed by atoms with Crippen LogP contribution in [0.1, 0.15) is 23.2 Å². The van der Waals surface area contributed by atoms with Crippen molar-refractivity contribution in [2.45, 2.75) is 19.4 Å². The second-order valence-corrected chi connectivity index (χ2v) is 5.14. The first-order chi connectivity index (χ1) is 8.70. The third-order valence-electron chi connectivity index (χ3n) is 3.14. The summed E-state index contributed by atoms with van der Waals surface area (Å²) in [6.07, 6.45) is 0. The van der Waals surface area contributed by atoms with Crippen molar-refractivity contribution in [2.24, 2.45) is 0 Å². The first-order valence-electron chi connectivity index (χ1n) is 5.98. The Morgan fingerprint density at radius 3 is 2.94 bits per heavy atom. The van der Waals surface area contributed by atoms with Crippen LogP contribution in [-0.4, -0.2) is 28.1 Å². The minimum Gasteiger partial charge on any atom is -0.339 e. The van der Waals surface area contributed by atoms with Gasteiger partial charge >= 0.3 is 0 Å². The van der Waals surface area contributed by atoms with E-state index in [0.29, 0.717) is 11.7 Å². The first-order valence-corrected chi connectivity index (χ1v) is 6.35. The number of rotatable bonds is 3. The number of halogens is 1. The Morgan fingerprint density at radius 1 is 1.44 bits per heavy atom. The third-order valence-corrected chi connectivity index (χ3v) is 3.38. The molecule has 1 aliphatic rings. The van der Waals surface area contributed by atoms with Gasteiger partial charge < -0.3 is 4.52 Å². The van der Waals surface area contributed by atoms with Gasteiger partial charge in [0, 0.05) is 24.7 Å². The molecule has 1 aromatic heterocycles. The molecule has 0 bridgehead atoms. The number of likely N-dealkylation sites (tertiary alicyclic amines) is 1. The molecule has 0 unspecified atom stereocenters. The normalized spacial score (nSPS) is 16.8. The van der Waals surface area contributed by atoms with Crippen molar-refractivity contribution in [1.29, 1.82) is 0 Å². The van der Waals surface area contributed by atoms with Crippen molar-refractivity contribution < 1.29 is 4.52 Å². The minimum absolute atomic E-state index is 0.380. The molecule has 1 aliphatic heterocycles. The van der Waals surface area contributed by atoms with E-state index in [1.165, 1.54) is 5.56 Å². The minimum atomic E-state index is 0.380. The molecule has 1 saturated heterocycles. The van der Waals surface area contributed by atoms with E-state index >= 15 is 0 Å². The Bertz CT molecular complexity index is 549. The summed E-state index contributed by atoms with van der Waals surface area (Å²) in [5, 5.41) is 4.61. The van der Waals surface area contributed by atoms with Gasteiger partial charge in [-0.15, -0.1) is 0 Å². The number of aryl methyl sites for hydroxylation is 1. The molecule has 0 N–H and O–H groups in total. The summed E-state index contributed by atoms with van der Waals surface area (Å²) in [5.74, 6) is 1.85. The monoisotopic (exact) mass is 263 g/mol. The zero-order valence-corrected chi connectivity index (χ0v) is 10.9. The first kappa shape index (κ1) is 11.7. The van der Waals surface area contributed by atoms with Gasteiger partial charge in [-0.25, -0.2) is 0 Å². The molecule has 2 aromatic rings. The van der Waals surface area contributed by atoms with E-state index in [9.17, 15) is 0 Å². The predicted molar refractivity (Wildman–Crippen MR) is 68.5 cm³/mol. The van der Waals surface area contributed by atoms with Gasteiger partial charge in [-0.05, 0) is 24.6 Å². The Hall–Kier alpha value is -1.39. The SMILES string of the molecule is Cc1noc(C2CN(Cc3cccc(Cl)c3)C2)n1. The quantitative estimate of drug-likeness (QED) is 0.854. The number of hydrogen-bond donors (Lipinski definition) is 0. The van der Waals surface area contributed by atoms with Crippen LogP contribution in [0.5, 0.6) is 0 Å². The van der Waals surface area contributed by atoms with Gasteiger partial charge in [0.15, 0.2) is 5.82 Å². The lowest BCUT2D eigenvalue weighted by atomic mass is 9.99. The fourth-order valence-electron chi connectivity index (χ4n) is 2.23. The van der Waals surface area contributed by atoms with Crippen molar-refractivity contribution in [3.8, 4) is 0 Å². The highest BCUT2D eigenvalue weighted by molar-refractivity contribution is 6.30. The van der Waals surface area contributed by atoms with Crippen LogP contribution < -0.4 is 0 Å². The molecule has 1 aromatic carbocycles. The highest BCUT2D eigenvalue weighted by Crippen LogP contribution is 2.27. The van der Waals surface area contributed by atoms with Crippen LogP contribution in [0.25, 0.3) is 0 Å². The van der Waals surface area contributed by atoms with E-state index in [4.69, 9.17) is 16.1 Å². The number of nitrogens with zero attached hydrogens (tertiary/aromatic N) is 3. The fraction of sp³-hybridized carbons (Fsp3) is 0.385. The summed E-state index contributed by atoms with van der Waals surface area (Å²) in [4.78, 5) is 6.61. The molecule has 0 radical (unpaired) electrons. The van der Waals surface area contributed by atoms with Crippen molar-refractivity contribution in [3.63, 3.8) is 0 Å². The zero-order chi connectivity index (χ0) is 12.5. The molecule has 18 heavy (non-hydrogen) atoms. The second kappa shape index (κ2) is 4.71. The van der Waals surface area contributed by atoms with Crippen LogP contribution in [-0.2, 0) is 6.54 Å². The molecule has 0 spiro atoms. The third kappa shape index (κ3) is 2.40. The molecule has 3 rings (SSSR count). The van der Waals surface area contributed by atoms with Gasteiger partial charge in [0.05, 0.1) is 5.92 Å². The van der Waals surface area contributed by atoms with Gasteiger partial charge in [0.1, 0.15) is 0 Å². The van der Waals surface area contributed by atoms with Gasteiger partial charge in [0.25, 0.3) is 0 Å². The summed E-state index contributed by atoms with van der Waals surface area (Å²) < 4.78 is 5.18. The standard InChI is InChI=1S/C13H14ClN3O/c1-9-15-13(18-16-9)11-7-17(8-11)6-10-3-2-4-12(14)5-10/h2-5,11H,6-8H2,1H3. The lowest BCUT2D eigenvalue weighted by Crippen LogP contribution is -2.44. The van der Waals surface area contributed by atoms with Crippen LogP contribution in [0, 0.1) is 6.92 Å². The molecule has 4 nitrogen and oxygen atoms in total. The van der Waals surface area contributed by atoms with E-state index < -0.39 is 0 Å². The van der Waals surface area contributed by atoms with Crippen LogP contribution in [0.4, 0.5) is 0 Å². The Labute approximate surface area is 111 Å². The summed E-state index contributed by atoms with van der Waals surface area (Å²) in [7, 11) is 0. The molecule has 1 fully saturated rings. The van der Waals surface area contributed by atoms with E-state index in [-0.39, 0.29) is 0 Å². The molecule has 0 amide bonds. The Morgan fingerprint density at radius 2 is 2.28 bits per heavy atom. The van der Waals surface area contributed by atoms with Crippen LogP contribution in [0.2, 0.25) is 5.02 Å². The smallest absolute Gasteiger partial charge is 0.232 e. The molecule has 0 saturated carbocycles. The van der Waals surface area contributed by atoms with Crippen LogP contribution in [0.3, 0.4) is 0 Å². The van der Waals surface area contributed by atoms with Crippen LogP contribution >= 0.6 is 11.6 Å². The van der Waals surface area contributed by atoms with Gasteiger partial charge in [-0.3, -0.25) is 4.90 Å². The van der Waals surface area contributed by atoms with E-state index in [0.717, 1.165) is 30.5 Å². The average molecular weight is 264 g/mol. The highest BCUT2D eigenvalue weighted by Gasteiger charge is 2.32. The lowest BCUT2D eigenvalue weighted by molar-refractivity contribution is 0.117. The molecular weight excluding hydrogens is 250 g/mol. The van der Waals surface area contributed by atoms with Gasteiger partial charge in [-0.2, -0.15) is 4.98 Å². The zero-order valence-electron chi connectivity index (χ0n) is 10.1. The van der Waals surface area contributed by atoms with Crippen molar-refractivity contribution in [2.75, 3.05) is 13.1 Å².